The Hall–Kier alpha value is 0.0200. The van der Waals surface area contributed by atoms with Crippen molar-refractivity contribution in [3.63, 3.8) is 0 Å². The third-order valence-corrected chi connectivity index (χ3v) is 2.41. The van der Waals surface area contributed by atoms with E-state index in [0.29, 0.717) is 0 Å². The van der Waals surface area contributed by atoms with Gasteiger partial charge in [-0.05, 0) is 12.1 Å². The van der Waals surface area contributed by atoms with Crippen LogP contribution >= 0.6 is 11.6 Å². The van der Waals surface area contributed by atoms with E-state index in [2.05, 4.69) is 0 Å². The van der Waals surface area contributed by atoms with E-state index in [9.17, 15) is 13.0 Å². The average Bonchev–Trinajstić information content (AvgIpc) is 1.94. The minimum atomic E-state index is -4.74. The quantitative estimate of drug-likeness (QED) is 0.247. The standard InChI is InChI=1S/C6H6ClNO4S.Na/c7-3-1-4(8)6(9)5(2-3)13(10,11)12;/h1-2,9H,8H2,(H,10,11,12);/q;+1/p-1. The van der Waals surface area contributed by atoms with Gasteiger partial charge in [0.1, 0.15) is 10.1 Å². The van der Waals surface area contributed by atoms with E-state index in [-0.39, 0.29) is 40.3 Å². The number of halogens is 1. The van der Waals surface area contributed by atoms with Crippen LogP contribution in [0.15, 0.2) is 17.0 Å². The molecule has 0 unspecified atom stereocenters. The molecule has 0 atom stereocenters. The number of phenols is 1. The maximum absolute atomic E-state index is 10.5. The minimum absolute atomic E-state index is 0. The van der Waals surface area contributed by atoms with E-state index >= 15 is 0 Å². The fourth-order valence-electron chi connectivity index (χ4n) is 0.785. The predicted molar refractivity (Wildman–Crippen MR) is 45.5 cm³/mol. The van der Waals surface area contributed by atoms with Gasteiger partial charge in [-0.1, -0.05) is 11.6 Å². The summed E-state index contributed by atoms with van der Waals surface area (Å²) < 4.78 is 31.6. The molecule has 0 saturated heterocycles. The summed E-state index contributed by atoms with van der Waals surface area (Å²) in [6.45, 7) is 0. The maximum atomic E-state index is 10.5. The molecule has 0 radical (unpaired) electrons. The third-order valence-electron chi connectivity index (χ3n) is 1.34. The summed E-state index contributed by atoms with van der Waals surface area (Å²) >= 11 is 5.43. The van der Waals surface area contributed by atoms with Gasteiger partial charge in [0, 0.05) is 5.02 Å². The van der Waals surface area contributed by atoms with Gasteiger partial charge in [-0.15, -0.1) is 0 Å². The molecular formula is C6H5ClNNaO4S. The molecule has 0 bridgehead atoms. The molecule has 1 rings (SSSR count). The Morgan fingerprint density at radius 1 is 1.43 bits per heavy atom. The molecule has 0 aliphatic carbocycles. The Bertz CT molecular complexity index is 447. The number of aromatic hydroxyl groups is 1. The molecule has 72 valence electrons. The number of rotatable bonds is 1. The van der Waals surface area contributed by atoms with Crippen molar-refractivity contribution in [1.82, 2.24) is 0 Å². The summed E-state index contributed by atoms with van der Waals surface area (Å²) in [5, 5.41) is 9.07. The summed E-state index contributed by atoms with van der Waals surface area (Å²) in [4.78, 5) is -0.808. The summed E-state index contributed by atoms with van der Waals surface area (Å²) in [5.41, 5.74) is 4.93. The zero-order chi connectivity index (χ0) is 10.2. The second kappa shape index (κ2) is 4.69. The molecule has 0 aliphatic rings. The number of hydrogen-bond acceptors (Lipinski definition) is 5. The summed E-state index contributed by atoms with van der Waals surface area (Å²) in [6, 6.07) is 1.99. The SMILES string of the molecule is Nc1cc(Cl)cc(S(=O)(=O)[O-])c1O.[Na+]. The molecule has 0 spiro atoms. The van der Waals surface area contributed by atoms with Gasteiger partial charge < -0.3 is 15.4 Å². The molecule has 5 nitrogen and oxygen atoms in total. The van der Waals surface area contributed by atoms with Crippen molar-refractivity contribution in [3.05, 3.63) is 17.2 Å². The molecule has 0 aliphatic heterocycles. The van der Waals surface area contributed by atoms with E-state index in [1.54, 1.807) is 0 Å². The zero-order valence-corrected chi connectivity index (χ0v) is 10.8. The molecule has 3 N–H and O–H groups in total. The van der Waals surface area contributed by atoms with Gasteiger partial charge in [0.15, 0.2) is 5.75 Å². The van der Waals surface area contributed by atoms with Crippen molar-refractivity contribution in [2.75, 3.05) is 5.73 Å². The van der Waals surface area contributed by atoms with Crippen molar-refractivity contribution in [3.8, 4) is 5.75 Å². The third kappa shape index (κ3) is 3.01. The van der Waals surface area contributed by atoms with Gasteiger partial charge in [-0.3, -0.25) is 0 Å². The summed E-state index contributed by atoms with van der Waals surface area (Å²) in [6.07, 6.45) is 0. The summed E-state index contributed by atoms with van der Waals surface area (Å²) in [7, 11) is -4.74. The van der Waals surface area contributed by atoms with Crippen molar-refractivity contribution >= 4 is 27.4 Å². The Morgan fingerprint density at radius 2 is 1.93 bits per heavy atom. The number of nitrogen functional groups attached to an aromatic ring is 1. The Balaban J connectivity index is 0.00000169. The average molecular weight is 246 g/mol. The van der Waals surface area contributed by atoms with Crippen LogP contribution in [0.5, 0.6) is 5.75 Å². The van der Waals surface area contributed by atoms with Crippen LogP contribution < -0.4 is 35.3 Å². The van der Waals surface area contributed by atoms with Crippen LogP contribution in [-0.2, 0) is 10.1 Å². The predicted octanol–water partition coefficient (Wildman–Crippen LogP) is -2.46. The molecule has 1 aromatic rings. The Labute approximate surface area is 108 Å². The number of nitrogens with two attached hydrogens (primary N) is 1. The molecule has 0 heterocycles. The normalized spacial score (nSPS) is 10.7. The van der Waals surface area contributed by atoms with Gasteiger partial charge in [-0.2, -0.15) is 0 Å². The van der Waals surface area contributed by atoms with Crippen LogP contribution in [0.1, 0.15) is 0 Å². The number of phenolic OH excluding ortho intramolecular Hbond substituents is 1. The van der Waals surface area contributed by atoms with Crippen LogP contribution in [0.3, 0.4) is 0 Å². The van der Waals surface area contributed by atoms with Crippen LogP contribution in [0.4, 0.5) is 5.69 Å². The van der Waals surface area contributed by atoms with Crippen molar-refractivity contribution in [2.24, 2.45) is 0 Å². The van der Waals surface area contributed by atoms with Gasteiger partial charge in [0.2, 0.25) is 0 Å². The summed E-state index contributed by atoms with van der Waals surface area (Å²) in [5.74, 6) is -0.764. The second-order valence-electron chi connectivity index (χ2n) is 2.30. The molecule has 8 heteroatoms. The van der Waals surface area contributed by atoms with Gasteiger partial charge in [-0.25, -0.2) is 8.42 Å². The van der Waals surface area contributed by atoms with E-state index in [4.69, 9.17) is 22.4 Å². The second-order valence-corrected chi connectivity index (χ2v) is 4.08. The number of benzene rings is 1. The molecule has 14 heavy (non-hydrogen) atoms. The van der Waals surface area contributed by atoms with Crippen LogP contribution in [0, 0.1) is 0 Å². The molecule has 0 saturated carbocycles. The molecule has 0 aromatic heterocycles. The monoisotopic (exact) mass is 245 g/mol. The minimum Gasteiger partial charge on any atom is -0.744 e. The topological polar surface area (TPSA) is 103 Å². The first-order valence-corrected chi connectivity index (χ1v) is 4.85. The van der Waals surface area contributed by atoms with Gasteiger partial charge in [0.05, 0.1) is 10.6 Å². The van der Waals surface area contributed by atoms with Crippen LogP contribution in [0.25, 0.3) is 0 Å². The zero-order valence-electron chi connectivity index (χ0n) is 7.19. The van der Waals surface area contributed by atoms with Gasteiger partial charge >= 0.3 is 29.6 Å². The largest absolute Gasteiger partial charge is 1.00 e. The number of anilines is 1. The molecule has 0 fully saturated rings. The van der Waals surface area contributed by atoms with Crippen molar-refractivity contribution < 1.29 is 47.6 Å². The smallest absolute Gasteiger partial charge is 0.744 e. The van der Waals surface area contributed by atoms with E-state index in [1.807, 2.05) is 0 Å². The number of hydrogen-bond donors (Lipinski definition) is 2. The van der Waals surface area contributed by atoms with Gasteiger partial charge in [0.25, 0.3) is 0 Å². The Kier molecular flexibility index (Phi) is 4.70. The molecular weight excluding hydrogens is 241 g/mol. The fourth-order valence-corrected chi connectivity index (χ4v) is 1.70. The fraction of sp³-hybridized carbons (Fsp3) is 0. The van der Waals surface area contributed by atoms with Crippen LogP contribution in [-0.4, -0.2) is 18.1 Å². The van der Waals surface area contributed by atoms with E-state index < -0.39 is 20.8 Å². The first kappa shape index (κ1) is 14.0. The van der Waals surface area contributed by atoms with E-state index in [1.165, 1.54) is 0 Å². The first-order chi connectivity index (χ1) is 5.82. The maximum Gasteiger partial charge on any atom is 1.00 e. The van der Waals surface area contributed by atoms with Crippen molar-refractivity contribution in [1.29, 1.82) is 0 Å². The Morgan fingerprint density at radius 3 is 2.36 bits per heavy atom. The van der Waals surface area contributed by atoms with Crippen molar-refractivity contribution in [2.45, 2.75) is 4.90 Å². The molecule has 1 aromatic carbocycles. The molecule has 0 amide bonds. The first-order valence-electron chi connectivity index (χ1n) is 3.06. The van der Waals surface area contributed by atoms with E-state index in [0.717, 1.165) is 12.1 Å². The van der Waals surface area contributed by atoms with Crippen LogP contribution in [0.2, 0.25) is 5.02 Å².